The maximum Gasteiger partial charge on any atom is 0.191 e. The molecule has 1 aromatic carbocycles. The number of nitrogens with zero attached hydrogens (tertiary/aromatic N) is 3. The van der Waals surface area contributed by atoms with Crippen molar-refractivity contribution in [2.75, 3.05) is 52.6 Å². The highest BCUT2D eigenvalue weighted by atomic mass is 127. The van der Waals surface area contributed by atoms with Gasteiger partial charge in [-0.05, 0) is 45.0 Å². The summed E-state index contributed by atoms with van der Waals surface area (Å²) in [6.45, 7) is 12.7. The number of piperazine rings is 1. The van der Waals surface area contributed by atoms with Crippen LogP contribution >= 0.6 is 24.0 Å². The molecular formula is C20H36IN5O2S. The van der Waals surface area contributed by atoms with Crippen LogP contribution in [0.3, 0.4) is 0 Å². The summed E-state index contributed by atoms with van der Waals surface area (Å²) in [5, 5.41) is 6.72. The normalized spacial score (nSPS) is 17.5. The maximum atomic E-state index is 11.8. The largest absolute Gasteiger partial charge is 0.357 e. The number of guanidine groups is 1. The minimum absolute atomic E-state index is 0. The van der Waals surface area contributed by atoms with Gasteiger partial charge in [0.05, 0.1) is 11.4 Å². The van der Waals surface area contributed by atoms with Crippen LogP contribution in [0.1, 0.15) is 25.0 Å². The van der Waals surface area contributed by atoms with Crippen LogP contribution in [0.25, 0.3) is 0 Å². The molecule has 1 heterocycles. The van der Waals surface area contributed by atoms with Crippen molar-refractivity contribution < 1.29 is 8.42 Å². The summed E-state index contributed by atoms with van der Waals surface area (Å²) in [6, 6.07) is 5.85. The van der Waals surface area contributed by atoms with Gasteiger partial charge in [0.2, 0.25) is 0 Å². The smallest absolute Gasteiger partial charge is 0.191 e. The molecule has 0 aliphatic carbocycles. The minimum Gasteiger partial charge on any atom is -0.357 e. The minimum atomic E-state index is -3.19. The second-order valence-corrected chi connectivity index (χ2v) is 9.62. The molecule has 1 aromatic rings. The van der Waals surface area contributed by atoms with Gasteiger partial charge in [-0.25, -0.2) is 13.4 Å². The Morgan fingerprint density at radius 2 is 1.86 bits per heavy atom. The zero-order valence-electron chi connectivity index (χ0n) is 18.2. The molecule has 1 atom stereocenters. The van der Waals surface area contributed by atoms with Gasteiger partial charge in [-0.2, -0.15) is 0 Å². The number of hydrogen-bond donors (Lipinski definition) is 2. The van der Waals surface area contributed by atoms with E-state index in [1.54, 1.807) is 6.07 Å². The average Bonchev–Trinajstić information content (AvgIpc) is 2.63. The van der Waals surface area contributed by atoms with Crippen LogP contribution < -0.4 is 10.6 Å². The molecule has 1 aliphatic heterocycles. The molecule has 0 aromatic heterocycles. The molecule has 0 spiro atoms. The monoisotopic (exact) mass is 537 g/mol. The summed E-state index contributed by atoms with van der Waals surface area (Å²) in [7, 11) is -1.02. The van der Waals surface area contributed by atoms with Crippen molar-refractivity contribution in [2.45, 2.75) is 38.3 Å². The first-order valence-corrected chi connectivity index (χ1v) is 11.8. The van der Waals surface area contributed by atoms with Gasteiger partial charge in [-0.1, -0.05) is 12.1 Å². The quantitative estimate of drug-likeness (QED) is 0.314. The molecule has 7 nitrogen and oxygen atoms in total. The first-order chi connectivity index (χ1) is 13.2. The first-order valence-electron chi connectivity index (χ1n) is 9.95. The number of sulfone groups is 1. The molecule has 0 bridgehead atoms. The summed E-state index contributed by atoms with van der Waals surface area (Å²) in [5.41, 5.74) is 1.76. The van der Waals surface area contributed by atoms with Crippen molar-refractivity contribution in [3.05, 3.63) is 29.3 Å². The van der Waals surface area contributed by atoms with Crippen LogP contribution in [-0.4, -0.2) is 82.8 Å². The van der Waals surface area contributed by atoms with Gasteiger partial charge >= 0.3 is 0 Å². The number of aliphatic imine (C=N–C) groups is 1. The number of halogens is 1. The van der Waals surface area contributed by atoms with E-state index in [4.69, 9.17) is 0 Å². The van der Waals surface area contributed by atoms with Crippen LogP contribution in [-0.2, 0) is 16.4 Å². The molecule has 29 heavy (non-hydrogen) atoms. The fraction of sp³-hybridized carbons (Fsp3) is 0.650. The molecule has 1 saturated heterocycles. The van der Waals surface area contributed by atoms with Crippen molar-refractivity contribution in [1.82, 2.24) is 20.4 Å². The van der Waals surface area contributed by atoms with E-state index in [1.165, 1.54) is 6.26 Å². The molecule has 9 heteroatoms. The van der Waals surface area contributed by atoms with Gasteiger partial charge in [0.1, 0.15) is 0 Å². The number of hydrogen-bond acceptors (Lipinski definition) is 5. The lowest BCUT2D eigenvalue weighted by molar-refractivity contribution is 0.120. The molecular weight excluding hydrogens is 501 g/mol. The summed E-state index contributed by atoms with van der Waals surface area (Å²) < 4.78 is 23.5. The van der Waals surface area contributed by atoms with Crippen molar-refractivity contribution >= 4 is 39.8 Å². The molecule has 1 fully saturated rings. The first kappa shape index (κ1) is 26.1. The highest BCUT2D eigenvalue weighted by Crippen LogP contribution is 2.17. The molecule has 0 amide bonds. The second kappa shape index (κ2) is 12.1. The fourth-order valence-corrected chi connectivity index (χ4v) is 4.33. The van der Waals surface area contributed by atoms with Crippen LogP contribution in [0.15, 0.2) is 28.1 Å². The number of likely N-dealkylation sites (N-methyl/N-ethyl adjacent to an activating group) is 1. The van der Waals surface area contributed by atoms with Crippen molar-refractivity contribution in [2.24, 2.45) is 4.99 Å². The molecule has 0 radical (unpaired) electrons. The highest BCUT2D eigenvalue weighted by molar-refractivity contribution is 14.0. The van der Waals surface area contributed by atoms with E-state index in [0.717, 1.165) is 56.4 Å². The third-order valence-corrected chi connectivity index (χ3v) is 6.39. The van der Waals surface area contributed by atoms with Crippen LogP contribution in [0, 0.1) is 6.92 Å². The summed E-state index contributed by atoms with van der Waals surface area (Å²) in [5.74, 6) is 0.785. The lowest BCUT2D eigenvalue weighted by Crippen LogP contribution is -2.52. The Morgan fingerprint density at radius 3 is 2.41 bits per heavy atom. The average molecular weight is 538 g/mol. The maximum absolute atomic E-state index is 11.8. The molecule has 2 N–H and O–H groups in total. The van der Waals surface area contributed by atoms with Gasteiger partial charge in [0, 0.05) is 51.6 Å². The third-order valence-electron chi connectivity index (χ3n) is 5.13. The number of benzene rings is 1. The summed E-state index contributed by atoms with van der Waals surface area (Å²) in [6.07, 6.45) is 1.24. The lowest BCUT2D eigenvalue weighted by atomic mass is 10.1. The zero-order chi connectivity index (χ0) is 20.7. The SMILES string of the molecule is CCNC(=NCc1ccc(S(C)(=O)=O)c(C)c1)NCC(C)N1CCN(C)CC1.I. The Hall–Kier alpha value is -0.910. The van der Waals surface area contributed by atoms with E-state index >= 15 is 0 Å². The number of aryl methyl sites for hydroxylation is 1. The predicted octanol–water partition coefficient (Wildman–Crippen LogP) is 1.71. The van der Waals surface area contributed by atoms with Gasteiger partial charge in [-0.15, -0.1) is 24.0 Å². The topological polar surface area (TPSA) is 77.0 Å². The third kappa shape index (κ3) is 8.39. The summed E-state index contributed by atoms with van der Waals surface area (Å²) >= 11 is 0. The standard InChI is InChI=1S/C20H35N5O2S.HI/c1-6-21-20(22-14-17(3)25-11-9-24(4)10-12-25)23-15-18-7-8-19(16(2)13-18)28(5,26)27;/h7-8,13,17H,6,9-12,14-15H2,1-5H3,(H2,21,22,23);1H. The highest BCUT2D eigenvalue weighted by Gasteiger charge is 2.19. The Bertz CT molecular complexity index is 777. The predicted molar refractivity (Wildman–Crippen MR) is 131 cm³/mol. The fourth-order valence-electron chi connectivity index (χ4n) is 3.37. The summed E-state index contributed by atoms with van der Waals surface area (Å²) in [4.78, 5) is 9.91. The van der Waals surface area contributed by atoms with Crippen LogP contribution in [0.4, 0.5) is 0 Å². The molecule has 1 aliphatic rings. The van der Waals surface area contributed by atoms with Gasteiger partial charge in [0.25, 0.3) is 0 Å². The molecule has 2 rings (SSSR count). The number of nitrogens with one attached hydrogen (secondary N) is 2. The van der Waals surface area contributed by atoms with Gasteiger partial charge < -0.3 is 15.5 Å². The zero-order valence-corrected chi connectivity index (χ0v) is 21.4. The van der Waals surface area contributed by atoms with E-state index in [2.05, 4.69) is 39.4 Å². The van der Waals surface area contributed by atoms with Crippen molar-refractivity contribution in [1.29, 1.82) is 0 Å². The van der Waals surface area contributed by atoms with Gasteiger partial charge in [0.15, 0.2) is 15.8 Å². The Morgan fingerprint density at radius 1 is 1.21 bits per heavy atom. The van der Waals surface area contributed by atoms with Crippen LogP contribution in [0.5, 0.6) is 0 Å². The Balaban J connectivity index is 0.00000420. The lowest BCUT2D eigenvalue weighted by Gasteiger charge is -2.36. The van der Waals surface area contributed by atoms with E-state index in [-0.39, 0.29) is 24.0 Å². The molecule has 166 valence electrons. The van der Waals surface area contributed by atoms with E-state index in [1.807, 2.05) is 26.0 Å². The van der Waals surface area contributed by atoms with Crippen molar-refractivity contribution in [3.63, 3.8) is 0 Å². The van der Waals surface area contributed by atoms with E-state index < -0.39 is 9.84 Å². The van der Waals surface area contributed by atoms with E-state index in [9.17, 15) is 8.42 Å². The molecule has 1 unspecified atom stereocenters. The van der Waals surface area contributed by atoms with Crippen molar-refractivity contribution in [3.8, 4) is 0 Å². The number of rotatable bonds is 7. The molecule has 0 saturated carbocycles. The second-order valence-electron chi connectivity index (χ2n) is 7.64. The Labute approximate surface area is 193 Å². The van der Waals surface area contributed by atoms with E-state index in [0.29, 0.717) is 17.5 Å². The Kier molecular flexibility index (Phi) is 10.9. The van der Waals surface area contributed by atoms with Gasteiger partial charge in [-0.3, -0.25) is 4.90 Å². The van der Waals surface area contributed by atoms with Crippen LogP contribution in [0.2, 0.25) is 0 Å².